The van der Waals surface area contributed by atoms with E-state index in [2.05, 4.69) is 26.6 Å². The fraction of sp³-hybridized carbons (Fsp3) is 0.500. The van der Waals surface area contributed by atoms with Crippen LogP contribution in [0.3, 0.4) is 0 Å². The Morgan fingerprint density at radius 1 is 0.506 bits per heavy atom. The third-order valence-corrected chi connectivity index (χ3v) is 16.6. The van der Waals surface area contributed by atoms with Crippen molar-refractivity contribution in [2.24, 2.45) is 47.3 Å². The highest BCUT2D eigenvalue weighted by atomic mass is 35.6. The summed E-state index contributed by atoms with van der Waals surface area (Å²) >= 11 is 34.7. The van der Waals surface area contributed by atoms with E-state index in [0.29, 0.717) is 47.6 Å². The van der Waals surface area contributed by atoms with E-state index >= 15 is 9.59 Å². The molecule has 6 fully saturated rings. The van der Waals surface area contributed by atoms with Crippen molar-refractivity contribution in [3.63, 3.8) is 0 Å². The summed E-state index contributed by atoms with van der Waals surface area (Å²) in [5, 5.41) is 17.1. The Morgan fingerprint density at radius 2 is 0.886 bits per heavy atom. The SMILES string of the molecule is CNC(CCNC(=O)C1C2CCC(C(OC(=O)c3cccc4ccccc34)C2)C1C(=O)NC(=O)C1C2CCC(CC2OC(=O)c2cccc3ccccc23)C1C(=O)NCCC(NC)C(=O)OCC(Cl)(Cl)Cl)C(=O)OCC(Cl)(Cl)Cl. The van der Waals surface area contributed by atoms with Crippen molar-refractivity contribution in [3.05, 3.63) is 96.1 Å². The number of hydrogen-bond acceptors (Lipinski definition) is 14. The first-order chi connectivity index (χ1) is 37.7. The molecule has 0 aliphatic heterocycles. The lowest BCUT2D eigenvalue weighted by atomic mass is 9.56. The van der Waals surface area contributed by atoms with E-state index in [4.69, 9.17) is 88.6 Å². The molecule has 4 aromatic carbocycles. The van der Waals surface area contributed by atoms with E-state index in [1.165, 1.54) is 14.1 Å². The van der Waals surface area contributed by atoms with Gasteiger partial charge in [-0.1, -0.05) is 142 Å². The van der Waals surface area contributed by atoms with Crippen molar-refractivity contribution in [2.45, 2.75) is 83.2 Å². The normalized spacial score (nSPS) is 25.1. The van der Waals surface area contributed by atoms with Gasteiger partial charge in [-0.15, -0.1) is 0 Å². The maximum absolute atomic E-state index is 15.2. The smallest absolute Gasteiger partial charge is 0.339 e. The van der Waals surface area contributed by atoms with Crippen molar-refractivity contribution < 1.29 is 57.3 Å². The quantitative estimate of drug-likeness (QED) is 0.0247. The summed E-state index contributed by atoms with van der Waals surface area (Å²) in [7, 11) is 3.05. The van der Waals surface area contributed by atoms with Crippen LogP contribution >= 0.6 is 69.6 Å². The van der Waals surface area contributed by atoms with Crippen molar-refractivity contribution in [1.29, 1.82) is 0 Å². The first-order valence-electron chi connectivity index (χ1n) is 26.2. The number of rotatable bonds is 20. The number of halogens is 6. The number of imide groups is 1. The van der Waals surface area contributed by atoms with Crippen LogP contribution in [-0.2, 0) is 47.7 Å². The molecular weight excluding hydrogens is 1150 g/mol. The summed E-state index contributed by atoms with van der Waals surface area (Å²) in [4.78, 5) is 113. The zero-order valence-corrected chi connectivity index (χ0v) is 47.7. The van der Waals surface area contributed by atoms with Crippen molar-refractivity contribution in [2.75, 3.05) is 40.4 Å². The van der Waals surface area contributed by atoms with E-state index in [1.807, 2.05) is 60.7 Å². The molecule has 0 spiro atoms. The molecule has 0 saturated heterocycles. The standard InChI is InChI=1S/C56H61Cl6N5O12/c1-63-39(53(74)76-27-55(57,58)59)21-23-65-47(68)43-31-17-19-37(41(25-31)78-51(72)35-15-7-11-29-9-3-5-13-33(29)35)45(43)49(70)67-50(71)46-38-20-18-32(26-42(38)79-52(73)36-16-8-12-30-10-4-6-14-34(30)36)44(46)48(69)66-24-22-40(64-2)54(75)77-28-56(60,61)62/h3-16,31-32,37-46,63-64H,17-28H2,1-2H3,(H,65,68)(H,66,69)(H,67,70,71). The molecule has 6 aliphatic carbocycles. The Hall–Kier alpha value is -4.98. The second-order valence-corrected chi connectivity index (χ2v) is 25.7. The van der Waals surface area contributed by atoms with E-state index < -0.39 is 140 Å². The molecule has 12 atom stereocenters. The number of alkyl halides is 6. The van der Waals surface area contributed by atoms with Gasteiger partial charge in [0.25, 0.3) is 0 Å². The van der Waals surface area contributed by atoms with Crippen LogP contribution in [-0.4, -0.2) is 120 Å². The number of carbonyl (C=O) groups excluding carboxylic acids is 8. The van der Waals surface area contributed by atoms with E-state index in [-0.39, 0.29) is 38.8 Å². The van der Waals surface area contributed by atoms with Crippen LogP contribution in [0.25, 0.3) is 21.5 Å². The summed E-state index contributed by atoms with van der Waals surface area (Å²) in [6.45, 7) is -1.09. The number of hydrogen-bond donors (Lipinski definition) is 5. The maximum atomic E-state index is 15.2. The molecule has 4 bridgehead atoms. The van der Waals surface area contributed by atoms with Gasteiger partial charge in [0, 0.05) is 24.9 Å². The number of likely N-dealkylation sites (N-methyl/N-ethyl adjacent to an activating group) is 2. The van der Waals surface area contributed by atoms with Gasteiger partial charge >= 0.3 is 23.9 Å². The summed E-state index contributed by atoms with van der Waals surface area (Å²) < 4.78 is 19.2. The lowest BCUT2D eigenvalue weighted by molar-refractivity contribution is -0.162. The molecule has 0 radical (unpaired) electrons. The number of esters is 4. The zero-order chi connectivity index (χ0) is 56.8. The number of amides is 4. The van der Waals surface area contributed by atoms with Crippen molar-refractivity contribution in [1.82, 2.24) is 26.6 Å². The van der Waals surface area contributed by atoms with Gasteiger partial charge in [-0.3, -0.25) is 34.1 Å². The Morgan fingerprint density at radius 3 is 1.27 bits per heavy atom. The number of nitrogens with one attached hydrogen (secondary N) is 5. The van der Waals surface area contributed by atoms with Crippen molar-refractivity contribution >= 4 is 139 Å². The van der Waals surface area contributed by atoms with Crippen LogP contribution in [0.15, 0.2) is 84.9 Å². The van der Waals surface area contributed by atoms with Crippen molar-refractivity contribution in [3.8, 4) is 0 Å². The molecule has 6 aliphatic rings. The van der Waals surface area contributed by atoms with Gasteiger partial charge in [0.15, 0.2) is 0 Å². The second kappa shape index (κ2) is 26.3. The van der Waals surface area contributed by atoms with Gasteiger partial charge < -0.3 is 40.2 Å². The van der Waals surface area contributed by atoms with Crippen LogP contribution in [0.5, 0.6) is 0 Å². The molecule has 79 heavy (non-hydrogen) atoms. The monoisotopic (exact) mass is 1210 g/mol. The minimum atomic E-state index is -1.85. The average molecular weight is 1210 g/mol. The highest BCUT2D eigenvalue weighted by Crippen LogP contribution is 2.53. The molecule has 4 amide bonds. The Kier molecular flexibility index (Phi) is 20.0. The number of benzene rings is 4. The third kappa shape index (κ3) is 14.6. The summed E-state index contributed by atoms with van der Waals surface area (Å²) in [5.74, 6) is -12.2. The fourth-order valence-corrected chi connectivity index (χ4v) is 12.7. The van der Waals surface area contributed by atoms with Crippen LogP contribution in [0.1, 0.15) is 72.1 Å². The van der Waals surface area contributed by atoms with Gasteiger partial charge in [0.1, 0.15) is 37.5 Å². The van der Waals surface area contributed by atoms with Crippen LogP contribution in [0.2, 0.25) is 0 Å². The molecule has 17 nitrogen and oxygen atoms in total. The molecule has 6 saturated carbocycles. The average Bonchev–Trinajstić information content (AvgIpc) is 3.56. The fourth-order valence-electron chi connectivity index (χ4n) is 12.4. The highest BCUT2D eigenvalue weighted by Gasteiger charge is 2.58. The predicted molar refractivity (Wildman–Crippen MR) is 299 cm³/mol. The van der Waals surface area contributed by atoms with Gasteiger partial charge in [-0.05, 0) is 111 Å². The lowest BCUT2D eigenvalue weighted by Gasteiger charge is -2.51. The molecule has 23 heteroatoms. The summed E-state index contributed by atoms with van der Waals surface area (Å²) in [5.41, 5.74) is 0.649. The molecule has 5 N–H and O–H groups in total. The van der Waals surface area contributed by atoms with E-state index in [0.717, 1.165) is 10.8 Å². The largest absolute Gasteiger partial charge is 0.460 e. The minimum Gasteiger partial charge on any atom is -0.460 e. The molecule has 12 unspecified atom stereocenters. The van der Waals surface area contributed by atoms with Crippen LogP contribution < -0.4 is 26.6 Å². The van der Waals surface area contributed by atoms with E-state index in [1.54, 1.807) is 24.3 Å². The summed E-state index contributed by atoms with van der Waals surface area (Å²) in [6, 6.07) is 23.5. The number of carbonyl (C=O) groups is 8. The Balaban J connectivity index is 1.05. The van der Waals surface area contributed by atoms with Gasteiger partial charge in [0.05, 0.1) is 34.8 Å². The molecule has 4 aromatic rings. The predicted octanol–water partition coefficient (Wildman–Crippen LogP) is 7.73. The first-order valence-corrected chi connectivity index (χ1v) is 28.5. The summed E-state index contributed by atoms with van der Waals surface area (Å²) in [6.07, 6.45) is 0.704. The molecule has 0 heterocycles. The highest BCUT2D eigenvalue weighted by molar-refractivity contribution is 6.68. The minimum absolute atomic E-state index is 0.0418. The second-order valence-electron chi connectivity index (χ2n) is 20.7. The number of fused-ring (bicyclic) bond motifs is 8. The first kappa shape index (κ1) is 60.1. The Labute approximate surface area is 486 Å². The molecule has 10 rings (SSSR count). The molecule has 424 valence electrons. The topological polar surface area (TPSA) is 234 Å². The lowest BCUT2D eigenvalue weighted by Crippen LogP contribution is -2.62. The maximum Gasteiger partial charge on any atom is 0.339 e. The number of ether oxygens (including phenoxy) is 4. The van der Waals surface area contributed by atoms with Crippen LogP contribution in [0.4, 0.5) is 0 Å². The molecule has 0 aromatic heterocycles. The molecular formula is C56H61Cl6N5O12. The van der Waals surface area contributed by atoms with Gasteiger partial charge in [-0.25, -0.2) is 9.59 Å². The van der Waals surface area contributed by atoms with Gasteiger partial charge in [0.2, 0.25) is 31.2 Å². The third-order valence-electron chi connectivity index (χ3n) is 16.0. The van der Waals surface area contributed by atoms with E-state index in [9.17, 15) is 28.8 Å². The van der Waals surface area contributed by atoms with Crippen LogP contribution in [0, 0.1) is 47.3 Å². The zero-order valence-electron chi connectivity index (χ0n) is 43.2. The van der Waals surface area contributed by atoms with Gasteiger partial charge in [-0.2, -0.15) is 0 Å². The Bertz CT molecular complexity index is 2740.